The first kappa shape index (κ1) is 11.2. The van der Waals surface area contributed by atoms with Crippen molar-refractivity contribution in [2.24, 2.45) is 0 Å². The second-order valence-electron chi connectivity index (χ2n) is 3.65. The summed E-state index contributed by atoms with van der Waals surface area (Å²) < 4.78 is 23.4. The molecule has 5 nitrogen and oxygen atoms in total. The molecule has 0 radical (unpaired) electrons. The molecule has 2 heterocycles. The van der Waals surface area contributed by atoms with Gasteiger partial charge in [0.2, 0.25) is 5.95 Å². The van der Waals surface area contributed by atoms with Crippen LogP contribution in [0.4, 0.5) is 10.3 Å². The van der Waals surface area contributed by atoms with E-state index in [1.807, 2.05) is 11.9 Å². The summed E-state index contributed by atoms with van der Waals surface area (Å²) in [6.07, 6.45) is 2.32. The molecule has 1 aliphatic rings. The first-order chi connectivity index (χ1) is 7.75. The summed E-state index contributed by atoms with van der Waals surface area (Å²) in [6, 6.07) is 0. The van der Waals surface area contributed by atoms with Crippen LogP contribution in [0.2, 0.25) is 0 Å². The molecule has 0 aliphatic carbocycles. The zero-order valence-electron chi connectivity index (χ0n) is 9.10. The van der Waals surface area contributed by atoms with Gasteiger partial charge in [0.15, 0.2) is 5.82 Å². The average molecular weight is 227 g/mol. The van der Waals surface area contributed by atoms with Gasteiger partial charge >= 0.3 is 0 Å². The van der Waals surface area contributed by atoms with Gasteiger partial charge in [0.25, 0.3) is 0 Å². The van der Waals surface area contributed by atoms with E-state index in [2.05, 4.69) is 9.97 Å². The van der Waals surface area contributed by atoms with Crippen LogP contribution in [-0.2, 0) is 9.47 Å². The molecule has 0 amide bonds. The SMILES string of the molecule is CN(CC1COCCO1)c1ncc(F)cn1. The van der Waals surface area contributed by atoms with E-state index in [0.717, 1.165) is 12.4 Å². The predicted molar refractivity (Wildman–Crippen MR) is 55.8 cm³/mol. The summed E-state index contributed by atoms with van der Waals surface area (Å²) in [6.45, 7) is 2.47. The Labute approximate surface area is 93.2 Å². The molecule has 1 unspecified atom stereocenters. The van der Waals surface area contributed by atoms with Crippen LogP contribution in [0.1, 0.15) is 0 Å². The van der Waals surface area contributed by atoms with Gasteiger partial charge < -0.3 is 14.4 Å². The van der Waals surface area contributed by atoms with Crippen molar-refractivity contribution < 1.29 is 13.9 Å². The summed E-state index contributed by atoms with van der Waals surface area (Å²) >= 11 is 0. The molecule has 1 saturated heterocycles. The maximum atomic E-state index is 12.6. The smallest absolute Gasteiger partial charge is 0.225 e. The lowest BCUT2D eigenvalue weighted by Crippen LogP contribution is -2.39. The number of nitrogens with zero attached hydrogens (tertiary/aromatic N) is 3. The van der Waals surface area contributed by atoms with Gasteiger partial charge in [-0.1, -0.05) is 0 Å². The number of hydrogen-bond acceptors (Lipinski definition) is 5. The largest absolute Gasteiger partial charge is 0.376 e. The van der Waals surface area contributed by atoms with E-state index in [-0.39, 0.29) is 6.10 Å². The third kappa shape index (κ3) is 2.86. The first-order valence-electron chi connectivity index (χ1n) is 5.14. The molecular weight excluding hydrogens is 213 g/mol. The monoisotopic (exact) mass is 227 g/mol. The standard InChI is InChI=1S/C10H14FN3O2/c1-14(6-9-7-15-2-3-16-9)10-12-4-8(11)5-13-10/h4-5,9H,2-3,6-7H2,1H3. The van der Waals surface area contributed by atoms with Crippen LogP contribution in [0.15, 0.2) is 12.4 Å². The Kier molecular flexibility index (Phi) is 3.63. The minimum absolute atomic E-state index is 0.0207. The van der Waals surface area contributed by atoms with Crippen LogP contribution in [-0.4, -0.2) is 49.5 Å². The van der Waals surface area contributed by atoms with Gasteiger partial charge in [0.1, 0.15) is 0 Å². The Morgan fingerprint density at radius 1 is 1.44 bits per heavy atom. The van der Waals surface area contributed by atoms with Crippen molar-refractivity contribution in [1.82, 2.24) is 9.97 Å². The van der Waals surface area contributed by atoms with Crippen LogP contribution in [0.5, 0.6) is 0 Å². The lowest BCUT2D eigenvalue weighted by atomic mass is 10.3. The molecule has 0 spiro atoms. The normalized spacial score (nSPS) is 20.8. The van der Waals surface area contributed by atoms with Gasteiger partial charge in [-0.3, -0.25) is 0 Å². The van der Waals surface area contributed by atoms with Crippen molar-refractivity contribution in [3.05, 3.63) is 18.2 Å². The Morgan fingerprint density at radius 2 is 2.19 bits per heavy atom. The zero-order valence-corrected chi connectivity index (χ0v) is 9.10. The van der Waals surface area contributed by atoms with Gasteiger partial charge in [-0.25, -0.2) is 14.4 Å². The van der Waals surface area contributed by atoms with E-state index in [9.17, 15) is 4.39 Å². The van der Waals surface area contributed by atoms with Crippen LogP contribution in [0.3, 0.4) is 0 Å². The summed E-state index contributed by atoms with van der Waals surface area (Å²) in [4.78, 5) is 9.59. The molecule has 88 valence electrons. The fraction of sp³-hybridized carbons (Fsp3) is 0.600. The molecular formula is C10H14FN3O2. The molecule has 0 saturated carbocycles. The number of hydrogen-bond donors (Lipinski definition) is 0. The summed E-state index contributed by atoms with van der Waals surface area (Å²) in [7, 11) is 1.84. The second kappa shape index (κ2) is 5.18. The summed E-state index contributed by atoms with van der Waals surface area (Å²) in [5.74, 6) is 0.0463. The Morgan fingerprint density at radius 3 is 2.81 bits per heavy atom. The van der Waals surface area contributed by atoms with Gasteiger partial charge in [0.05, 0.1) is 38.3 Å². The molecule has 1 aliphatic heterocycles. The number of likely N-dealkylation sites (N-methyl/N-ethyl adjacent to an activating group) is 1. The highest BCUT2D eigenvalue weighted by atomic mass is 19.1. The highest BCUT2D eigenvalue weighted by molar-refractivity contribution is 5.26. The van der Waals surface area contributed by atoms with Crippen molar-refractivity contribution in [2.75, 3.05) is 38.3 Å². The minimum Gasteiger partial charge on any atom is -0.376 e. The highest BCUT2D eigenvalue weighted by Gasteiger charge is 2.17. The van der Waals surface area contributed by atoms with Crippen LogP contribution < -0.4 is 4.90 Å². The number of rotatable bonds is 3. The third-order valence-corrected chi connectivity index (χ3v) is 2.31. The molecule has 1 atom stereocenters. The molecule has 6 heteroatoms. The second-order valence-corrected chi connectivity index (χ2v) is 3.65. The number of halogens is 1. The van der Waals surface area contributed by atoms with E-state index in [1.54, 1.807) is 0 Å². The maximum absolute atomic E-state index is 12.6. The summed E-state index contributed by atoms with van der Waals surface area (Å²) in [5, 5.41) is 0. The van der Waals surface area contributed by atoms with Gasteiger partial charge in [-0.15, -0.1) is 0 Å². The Balaban J connectivity index is 1.91. The van der Waals surface area contributed by atoms with Crippen molar-refractivity contribution in [1.29, 1.82) is 0 Å². The van der Waals surface area contributed by atoms with Crippen molar-refractivity contribution in [3.8, 4) is 0 Å². The van der Waals surface area contributed by atoms with Gasteiger partial charge in [-0.05, 0) is 0 Å². The topological polar surface area (TPSA) is 47.5 Å². The molecule has 1 aromatic heterocycles. The van der Waals surface area contributed by atoms with Gasteiger partial charge in [-0.2, -0.15) is 0 Å². The fourth-order valence-electron chi connectivity index (χ4n) is 1.53. The molecule has 1 fully saturated rings. The summed E-state index contributed by atoms with van der Waals surface area (Å²) in [5.41, 5.74) is 0. The minimum atomic E-state index is -0.436. The van der Waals surface area contributed by atoms with E-state index in [0.29, 0.717) is 32.3 Å². The van der Waals surface area contributed by atoms with E-state index >= 15 is 0 Å². The number of ether oxygens (including phenoxy) is 2. The van der Waals surface area contributed by atoms with Crippen LogP contribution in [0, 0.1) is 5.82 Å². The molecule has 0 bridgehead atoms. The van der Waals surface area contributed by atoms with Crippen LogP contribution >= 0.6 is 0 Å². The molecule has 1 aromatic rings. The average Bonchev–Trinajstić information content (AvgIpc) is 2.31. The third-order valence-electron chi connectivity index (χ3n) is 2.31. The molecule has 0 aromatic carbocycles. The number of aromatic nitrogens is 2. The first-order valence-corrected chi connectivity index (χ1v) is 5.14. The quantitative estimate of drug-likeness (QED) is 0.751. The van der Waals surface area contributed by atoms with E-state index in [4.69, 9.17) is 9.47 Å². The Hall–Kier alpha value is -1.27. The predicted octanol–water partition coefficient (Wildman–Crippen LogP) is 0.467. The number of anilines is 1. The fourth-order valence-corrected chi connectivity index (χ4v) is 1.53. The van der Waals surface area contributed by atoms with Gasteiger partial charge in [0, 0.05) is 13.6 Å². The highest BCUT2D eigenvalue weighted by Crippen LogP contribution is 2.08. The van der Waals surface area contributed by atoms with E-state index < -0.39 is 5.82 Å². The van der Waals surface area contributed by atoms with Crippen molar-refractivity contribution in [3.63, 3.8) is 0 Å². The molecule has 16 heavy (non-hydrogen) atoms. The van der Waals surface area contributed by atoms with Crippen molar-refractivity contribution in [2.45, 2.75) is 6.10 Å². The molecule has 0 N–H and O–H groups in total. The van der Waals surface area contributed by atoms with Crippen LogP contribution in [0.25, 0.3) is 0 Å². The Bertz CT molecular complexity index is 327. The maximum Gasteiger partial charge on any atom is 0.225 e. The van der Waals surface area contributed by atoms with E-state index in [1.165, 1.54) is 0 Å². The lowest BCUT2D eigenvalue weighted by molar-refractivity contribution is -0.0838. The van der Waals surface area contributed by atoms with Crippen molar-refractivity contribution >= 4 is 5.95 Å². The lowest BCUT2D eigenvalue weighted by Gasteiger charge is -2.27. The molecule has 2 rings (SSSR count). The zero-order chi connectivity index (χ0) is 11.4.